The molecule has 0 fully saturated rings. The molecule has 0 bridgehead atoms. The molecule has 1 atom stereocenters. The van der Waals surface area contributed by atoms with Crippen LogP contribution in [0.15, 0.2) is 52.9 Å². The van der Waals surface area contributed by atoms with Crippen molar-refractivity contribution in [3.63, 3.8) is 0 Å². The average molecular weight is 489 g/mol. The van der Waals surface area contributed by atoms with Gasteiger partial charge in [-0.15, -0.1) is 10.2 Å². The lowest BCUT2D eigenvalue weighted by Gasteiger charge is -2.38. The van der Waals surface area contributed by atoms with Crippen LogP contribution in [-0.4, -0.2) is 52.1 Å². The molecule has 1 aromatic heterocycles. The Bertz CT molecular complexity index is 1270. The lowest BCUT2D eigenvalue weighted by molar-refractivity contribution is -0.138. The molecule has 10 heteroatoms. The number of carbonyl (C=O) groups excluding carboxylic acids is 1. The minimum atomic E-state index is -3.61. The molecule has 0 spiro atoms. The molecule has 1 aliphatic rings. The summed E-state index contributed by atoms with van der Waals surface area (Å²) in [5.74, 6) is 0.201. The van der Waals surface area contributed by atoms with Gasteiger partial charge in [0.25, 0.3) is 0 Å². The lowest BCUT2D eigenvalue weighted by Crippen LogP contribution is -2.54. The molecule has 1 amide bonds. The quantitative estimate of drug-likeness (QED) is 0.526. The molecule has 0 saturated heterocycles. The summed E-state index contributed by atoms with van der Waals surface area (Å²) in [6, 6.07) is 13.6. The Labute approximate surface area is 198 Å². The molecule has 0 saturated carbocycles. The molecule has 0 N–H and O–H groups in total. The van der Waals surface area contributed by atoms with Crippen LogP contribution in [0.5, 0.6) is 0 Å². The van der Waals surface area contributed by atoms with Crippen molar-refractivity contribution in [1.29, 1.82) is 0 Å². The normalized spacial score (nSPS) is 16.6. The van der Waals surface area contributed by atoms with Crippen molar-refractivity contribution in [3.8, 4) is 11.5 Å². The zero-order chi connectivity index (χ0) is 23.8. The number of benzene rings is 2. The summed E-state index contributed by atoms with van der Waals surface area (Å²) in [6.07, 6.45) is 1.44. The largest absolute Gasteiger partial charge is 0.419 e. The van der Waals surface area contributed by atoms with Gasteiger partial charge >= 0.3 is 0 Å². The van der Waals surface area contributed by atoms with E-state index in [2.05, 4.69) is 10.2 Å². The first-order valence-electron chi connectivity index (χ1n) is 10.6. The SMILES string of the molecule is CC(C)N(Cc1nnc(-c2ccccc2Cl)o1)C(=O)[C@H]1Cc2ccccc2CN1S(C)(=O)=O. The van der Waals surface area contributed by atoms with Gasteiger partial charge in [0, 0.05) is 12.6 Å². The van der Waals surface area contributed by atoms with Gasteiger partial charge in [0.1, 0.15) is 6.04 Å². The number of nitrogens with zero attached hydrogens (tertiary/aromatic N) is 4. The Morgan fingerprint density at radius 3 is 2.48 bits per heavy atom. The molecule has 33 heavy (non-hydrogen) atoms. The van der Waals surface area contributed by atoms with E-state index in [9.17, 15) is 13.2 Å². The highest BCUT2D eigenvalue weighted by atomic mass is 35.5. The van der Waals surface area contributed by atoms with Crippen LogP contribution in [0.2, 0.25) is 5.02 Å². The van der Waals surface area contributed by atoms with E-state index in [0.29, 0.717) is 17.0 Å². The highest BCUT2D eigenvalue weighted by Gasteiger charge is 2.39. The summed E-state index contributed by atoms with van der Waals surface area (Å²) in [7, 11) is -3.61. The van der Waals surface area contributed by atoms with E-state index in [1.807, 2.05) is 44.2 Å². The van der Waals surface area contributed by atoms with Gasteiger partial charge in [0.15, 0.2) is 0 Å². The van der Waals surface area contributed by atoms with Gasteiger partial charge in [0.2, 0.25) is 27.7 Å². The maximum absolute atomic E-state index is 13.7. The molecule has 0 aliphatic carbocycles. The predicted molar refractivity (Wildman–Crippen MR) is 125 cm³/mol. The Hall–Kier alpha value is -2.75. The van der Waals surface area contributed by atoms with Gasteiger partial charge in [-0.25, -0.2) is 8.42 Å². The van der Waals surface area contributed by atoms with Crippen molar-refractivity contribution in [2.24, 2.45) is 0 Å². The Morgan fingerprint density at radius 2 is 1.82 bits per heavy atom. The average Bonchev–Trinajstić information content (AvgIpc) is 3.24. The molecular weight excluding hydrogens is 464 g/mol. The third-order valence-electron chi connectivity index (χ3n) is 5.70. The molecular formula is C23H25ClN4O4S. The van der Waals surface area contributed by atoms with Gasteiger partial charge < -0.3 is 9.32 Å². The van der Waals surface area contributed by atoms with E-state index >= 15 is 0 Å². The first-order valence-corrected chi connectivity index (χ1v) is 12.8. The van der Waals surface area contributed by atoms with Crippen LogP contribution in [0.4, 0.5) is 0 Å². The van der Waals surface area contributed by atoms with Crippen molar-refractivity contribution >= 4 is 27.5 Å². The number of halogens is 1. The van der Waals surface area contributed by atoms with Crippen molar-refractivity contribution in [3.05, 3.63) is 70.6 Å². The summed E-state index contributed by atoms with van der Waals surface area (Å²) in [6.45, 7) is 3.95. The number of hydrogen-bond acceptors (Lipinski definition) is 6. The third kappa shape index (κ3) is 4.95. The number of sulfonamides is 1. The standard InChI is InChI=1S/C23H25ClN4O4S/c1-15(2)27(14-21-25-26-22(32-21)18-10-6-7-11-19(18)24)23(29)20-12-16-8-4-5-9-17(16)13-28(20)33(3,30)31/h4-11,15,20H,12-14H2,1-3H3/t20-/m1/s1. The second-order valence-corrected chi connectivity index (χ2v) is 10.7. The summed E-state index contributed by atoms with van der Waals surface area (Å²) < 4.78 is 32.2. The maximum Gasteiger partial charge on any atom is 0.249 e. The Kier molecular flexibility index (Phi) is 6.56. The molecule has 8 nitrogen and oxygen atoms in total. The van der Waals surface area contributed by atoms with E-state index in [1.165, 1.54) is 4.31 Å². The van der Waals surface area contributed by atoms with Crippen LogP contribution in [0, 0.1) is 0 Å². The number of rotatable bonds is 6. The molecule has 2 heterocycles. The fraction of sp³-hybridized carbons (Fsp3) is 0.348. The van der Waals surface area contributed by atoms with Crippen LogP contribution >= 0.6 is 11.6 Å². The van der Waals surface area contributed by atoms with E-state index in [-0.39, 0.29) is 36.8 Å². The first-order chi connectivity index (χ1) is 15.6. The highest BCUT2D eigenvalue weighted by molar-refractivity contribution is 7.88. The fourth-order valence-corrected chi connectivity index (χ4v) is 5.19. The van der Waals surface area contributed by atoms with Crippen LogP contribution in [-0.2, 0) is 34.3 Å². The van der Waals surface area contributed by atoms with E-state index in [4.69, 9.17) is 16.0 Å². The monoisotopic (exact) mass is 488 g/mol. The second-order valence-electron chi connectivity index (χ2n) is 8.34. The first kappa shape index (κ1) is 23.4. The Morgan fingerprint density at radius 1 is 1.15 bits per heavy atom. The minimum absolute atomic E-state index is 0.0592. The third-order valence-corrected chi connectivity index (χ3v) is 7.26. The smallest absolute Gasteiger partial charge is 0.249 e. The molecule has 174 valence electrons. The van der Waals surface area contributed by atoms with Gasteiger partial charge in [-0.05, 0) is 43.5 Å². The van der Waals surface area contributed by atoms with Crippen LogP contribution in [0.1, 0.15) is 30.9 Å². The molecule has 2 aromatic carbocycles. The highest BCUT2D eigenvalue weighted by Crippen LogP contribution is 2.29. The maximum atomic E-state index is 13.7. The van der Waals surface area contributed by atoms with Gasteiger partial charge in [-0.1, -0.05) is 48.0 Å². The van der Waals surface area contributed by atoms with E-state index in [0.717, 1.165) is 17.4 Å². The van der Waals surface area contributed by atoms with E-state index < -0.39 is 16.1 Å². The summed E-state index contributed by atoms with van der Waals surface area (Å²) in [5, 5.41) is 8.64. The molecule has 0 unspecified atom stereocenters. The lowest BCUT2D eigenvalue weighted by atomic mass is 9.95. The Balaban J connectivity index is 1.61. The summed E-state index contributed by atoms with van der Waals surface area (Å²) >= 11 is 6.22. The number of carbonyl (C=O) groups is 1. The molecule has 1 aliphatic heterocycles. The predicted octanol–water partition coefficient (Wildman–Crippen LogP) is 3.51. The zero-order valence-electron chi connectivity index (χ0n) is 18.6. The van der Waals surface area contributed by atoms with Gasteiger partial charge in [-0.3, -0.25) is 4.79 Å². The number of amides is 1. The zero-order valence-corrected chi connectivity index (χ0v) is 20.2. The van der Waals surface area contributed by atoms with Gasteiger partial charge in [-0.2, -0.15) is 4.31 Å². The van der Waals surface area contributed by atoms with Crippen molar-refractivity contribution in [2.75, 3.05) is 6.26 Å². The van der Waals surface area contributed by atoms with E-state index in [1.54, 1.807) is 23.1 Å². The number of hydrogen-bond donors (Lipinski definition) is 0. The van der Waals surface area contributed by atoms with Crippen molar-refractivity contribution < 1.29 is 17.6 Å². The molecule has 0 radical (unpaired) electrons. The van der Waals surface area contributed by atoms with Crippen LogP contribution in [0.25, 0.3) is 11.5 Å². The van der Waals surface area contributed by atoms with Crippen LogP contribution < -0.4 is 0 Å². The fourth-order valence-electron chi connectivity index (χ4n) is 3.97. The minimum Gasteiger partial charge on any atom is -0.419 e. The number of aromatic nitrogens is 2. The summed E-state index contributed by atoms with van der Waals surface area (Å²) in [5.41, 5.74) is 2.48. The molecule has 3 aromatic rings. The summed E-state index contributed by atoms with van der Waals surface area (Å²) in [4.78, 5) is 15.2. The molecule has 4 rings (SSSR count). The van der Waals surface area contributed by atoms with Crippen molar-refractivity contribution in [2.45, 2.75) is 45.4 Å². The van der Waals surface area contributed by atoms with Crippen LogP contribution in [0.3, 0.4) is 0 Å². The number of fused-ring (bicyclic) bond motifs is 1. The second kappa shape index (κ2) is 9.24. The van der Waals surface area contributed by atoms with Crippen molar-refractivity contribution in [1.82, 2.24) is 19.4 Å². The topological polar surface area (TPSA) is 96.6 Å². The van der Waals surface area contributed by atoms with Gasteiger partial charge in [0.05, 0.1) is 23.4 Å².